The van der Waals surface area contributed by atoms with Crippen LogP contribution in [0.4, 0.5) is 10.2 Å². The van der Waals surface area contributed by atoms with Crippen LogP contribution in [-0.2, 0) is 0 Å². The molecule has 4 heteroatoms. The van der Waals surface area contributed by atoms with Crippen LogP contribution in [0.15, 0.2) is 18.3 Å². The van der Waals surface area contributed by atoms with Gasteiger partial charge in [-0.3, -0.25) is 4.39 Å². The Hall–Kier alpha value is -0.830. The molecular weight excluding hydrogens is 179 g/mol. The topological polar surface area (TPSA) is 24.9 Å². The number of nitrogens with one attached hydrogen (secondary N) is 1. The fraction of sp³-hybridized carbons (Fsp3) is 0.375. The summed E-state index contributed by atoms with van der Waals surface area (Å²) in [6.07, 6.45) is 2.06. The lowest BCUT2D eigenvalue weighted by Gasteiger charge is -2.02. The van der Waals surface area contributed by atoms with Crippen LogP contribution in [0.2, 0.25) is 5.02 Å². The number of aromatic nitrogens is 1. The highest BCUT2D eigenvalue weighted by Crippen LogP contribution is 2.09. The van der Waals surface area contributed by atoms with E-state index in [1.165, 1.54) is 0 Å². The van der Waals surface area contributed by atoms with Crippen molar-refractivity contribution in [2.45, 2.75) is 6.42 Å². The molecule has 2 nitrogen and oxygen atoms in total. The number of pyridine rings is 1. The van der Waals surface area contributed by atoms with Crippen molar-refractivity contribution in [1.82, 2.24) is 4.98 Å². The number of anilines is 1. The van der Waals surface area contributed by atoms with Crippen LogP contribution < -0.4 is 5.32 Å². The summed E-state index contributed by atoms with van der Waals surface area (Å²) in [6.45, 7) is 0.297. The molecule has 1 rings (SSSR count). The van der Waals surface area contributed by atoms with Gasteiger partial charge in [-0.2, -0.15) is 0 Å². The first-order valence-electron chi connectivity index (χ1n) is 3.74. The molecule has 0 radical (unpaired) electrons. The molecule has 0 aliphatic rings. The Morgan fingerprint density at radius 1 is 1.50 bits per heavy atom. The van der Waals surface area contributed by atoms with Gasteiger partial charge >= 0.3 is 0 Å². The minimum atomic E-state index is -0.305. The second-order valence-electron chi connectivity index (χ2n) is 2.33. The van der Waals surface area contributed by atoms with Gasteiger partial charge in [0.2, 0.25) is 0 Å². The van der Waals surface area contributed by atoms with E-state index in [0.717, 1.165) is 5.82 Å². The normalized spacial score (nSPS) is 9.83. The second-order valence-corrected chi connectivity index (χ2v) is 2.77. The minimum Gasteiger partial charge on any atom is -0.370 e. The Morgan fingerprint density at radius 2 is 2.33 bits per heavy atom. The summed E-state index contributed by atoms with van der Waals surface area (Å²) >= 11 is 5.62. The molecular formula is C8H10ClFN2. The van der Waals surface area contributed by atoms with E-state index in [2.05, 4.69) is 10.3 Å². The molecule has 1 aromatic heterocycles. The van der Waals surface area contributed by atoms with Crippen molar-refractivity contribution in [1.29, 1.82) is 0 Å². The maximum atomic E-state index is 11.7. The van der Waals surface area contributed by atoms with Crippen LogP contribution >= 0.6 is 11.6 Å². The van der Waals surface area contributed by atoms with Crippen LogP contribution in [0, 0.1) is 0 Å². The molecule has 0 bridgehead atoms. The second kappa shape index (κ2) is 4.93. The van der Waals surface area contributed by atoms with Gasteiger partial charge in [0.15, 0.2) is 0 Å². The van der Waals surface area contributed by atoms with Gasteiger partial charge in [-0.1, -0.05) is 11.6 Å². The molecule has 0 atom stereocenters. The third-order valence-corrected chi connectivity index (χ3v) is 1.57. The van der Waals surface area contributed by atoms with Crippen LogP contribution in [0.25, 0.3) is 0 Å². The molecule has 0 unspecified atom stereocenters. The number of alkyl halides is 1. The first-order valence-corrected chi connectivity index (χ1v) is 4.12. The third kappa shape index (κ3) is 3.05. The molecule has 1 heterocycles. The summed E-state index contributed by atoms with van der Waals surface area (Å²) < 4.78 is 11.7. The summed E-state index contributed by atoms with van der Waals surface area (Å²) in [7, 11) is 0. The number of halogens is 2. The summed E-state index contributed by atoms with van der Waals surface area (Å²) in [5.41, 5.74) is 0. The van der Waals surface area contributed by atoms with Crippen LogP contribution in [0.1, 0.15) is 6.42 Å². The summed E-state index contributed by atoms with van der Waals surface area (Å²) in [5, 5.41) is 3.57. The molecule has 12 heavy (non-hydrogen) atoms. The molecule has 0 aliphatic carbocycles. The highest BCUT2D eigenvalue weighted by molar-refractivity contribution is 6.30. The van der Waals surface area contributed by atoms with E-state index in [1.54, 1.807) is 18.3 Å². The van der Waals surface area contributed by atoms with Crippen LogP contribution in [0.3, 0.4) is 0 Å². The van der Waals surface area contributed by atoms with Gasteiger partial charge < -0.3 is 5.32 Å². The smallest absolute Gasteiger partial charge is 0.125 e. The maximum absolute atomic E-state index is 11.7. The average molecular weight is 189 g/mol. The van der Waals surface area contributed by atoms with Gasteiger partial charge in [-0.05, 0) is 18.6 Å². The van der Waals surface area contributed by atoms with E-state index < -0.39 is 0 Å². The molecule has 1 N–H and O–H groups in total. The standard InChI is InChI=1S/C8H10ClFN2/c9-7-2-3-8(12-6-7)11-5-1-4-10/h2-3,6H,1,4-5H2,(H,11,12). The van der Waals surface area contributed by atoms with Gasteiger partial charge in [0.1, 0.15) is 5.82 Å². The van der Waals surface area contributed by atoms with Crippen molar-refractivity contribution in [2.24, 2.45) is 0 Å². The van der Waals surface area contributed by atoms with Gasteiger partial charge in [0.25, 0.3) is 0 Å². The largest absolute Gasteiger partial charge is 0.370 e. The molecule has 0 aliphatic heterocycles. The lowest BCUT2D eigenvalue weighted by Crippen LogP contribution is -2.03. The molecule has 1 aromatic rings. The number of rotatable bonds is 4. The Morgan fingerprint density at radius 3 is 2.92 bits per heavy atom. The van der Waals surface area contributed by atoms with Crippen molar-refractivity contribution >= 4 is 17.4 Å². The maximum Gasteiger partial charge on any atom is 0.125 e. The van der Waals surface area contributed by atoms with E-state index in [0.29, 0.717) is 18.0 Å². The Balaban J connectivity index is 2.37. The van der Waals surface area contributed by atoms with E-state index in [1.807, 2.05) is 0 Å². The van der Waals surface area contributed by atoms with E-state index in [9.17, 15) is 4.39 Å². The lowest BCUT2D eigenvalue weighted by atomic mass is 10.4. The average Bonchev–Trinajstić information content (AvgIpc) is 2.09. The Labute approximate surface area is 75.8 Å². The fourth-order valence-corrected chi connectivity index (χ4v) is 0.875. The van der Waals surface area contributed by atoms with Crippen molar-refractivity contribution in [3.05, 3.63) is 23.4 Å². The zero-order valence-electron chi connectivity index (χ0n) is 6.56. The first kappa shape index (κ1) is 9.26. The molecule has 66 valence electrons. The number of hydrogen-bond acceptors (Lipinski definition) is 2. The predicted octanol–water partition coefficient (Wildman–Crippen LogP) is 2.51. The fourth-order valence-electron chi connectivity index (χ4n) is 0.764. The number of hydrogen-bond donors (Lipinski definition) is 1. The molecule has 0 saturated heterocycles. The Kier molecular flexibility index (Phi) is 3.80. The van der Waals surface area contributed by atoms with Crippen molar-refractivity contribution in [3.8, 4) is 0 Å². The zero-order chi connectivity index (χ0) is 8.81. The van der Waals surface area contributed by atoms with Crippen LogP contribution in [0.5, 0.6) is 0 Å². The zero-order valence-corrected chi connectivity index (χ0v) is 7.31. The van der Waals surface area contributed by atoms with Gasteiger partial charge in [-0.25, -0.2) is 4.98 Å². The van der Waals surface area contributed by atoms with Crippen molar-refractivity contribution < 1.29 is 4.39 Å². The van der Waals surface area contributed by atoms with Gasteiger partial charge in [0, 0.05) is 12.7 Å². The summed E-state index contributed by atoms with van der Waals surface area (Å²) in [4.78, 5) is 3.98. The Bertz CT molecular complexity index is 225. The minimum absolute atomic E-state index is 0.305. The lowest BCUT2D eigenvalue weighted by molar-refractivity contribution is 0.481. The van der Waals surface area contributed by atoms with Gasteiger partial charge in [-0.15, -0.1) is 0 Å². The molecule has 0 saturated carbocycles. The monoisotopic (exact) mass is 188 g/mol. The third-order valence-electron chi connectivity index (χ3n) is 1.34. The highest BCUT2D eigenvalue weighted by Gasteiger charge is 1.92. The highest BCUT2D eigenvalue weighted by atomic mass is 35.5. The van der Waals surface area contributed by atoms with Crippen molar-refractivity contribution in [3.63, 3.8) is 0 Å². The molecule has 0 aromatic carbocycles. The molecule has 0 spiro atoms. The van der Waals surface area contributed by atoms with Gasteiger partial charge in [0.05, 0.1) is 11.7 Å². The van der Waals surface area contributed by atoms with Crippen LogP contribution in [-0.4, -0.2) is 18.2 Å². The van der Waals surface area contributed by atoms with E-state index in [-0.39, 0.29) is 6.67 Å². The van der Waals surface area contributed by atoms with E-state index >= 15 is 0 Å². The molecule has 0 fully saturated rings. The quantitative estimate of drug-likeness (QED) is 0.735. The number of nitrogens with zero attached hydrogens (tertiary/aromatic N) is 1. The van der Waals surface area contributed by atoms with E-state index in [4.69, 9.17) is 11.6 Å². The van der Waals surface area contributed by atoms with Crippen molar-refractivity contribution in [2.75, 3.05) is 18.5 Å². The predicted molar refractivity (Wildman–Crippen MR) is 48.3 cm³/mol. The molecule has 0 amide bonds. The first-order chi connectivity index (χ1) is 5.83. The summed E-state index contributed by atoms with van der Waals surface area (Å²) in [6, 6.07) is 3.51. The SMILES string of the molecule is FCCCNc1ccc(Cl)cn1. The summed E-state index contributed by atoms with van der Waals surface area (Å²) in [5.74, 6) is 0.729.